The van der Waals surface area contributed by atoms with E-state index >= 15 is 0 Å². The van der Waals surface area contributed by atoms with Crippen LogP contribution >= 0.6 is 35.4 Å². The highest BCUT2D eigenvalue weighted by Gasteiger charge is 2.15. The molecule has 0 aliphatic carbocycles. The minimum absolute atomic E-state index is 0.0311. The van der Waals surface area contributed by atoms with E-state index in [2.05, 4.69) is 26.0 Å². The molecule has 140 valence electrons. The molecule has 8 nitrogen and oxygen atoms in total. The van der Waals surface area contributed by atoms with Crippen LogP contribution in [0.15, 0.2) is 34.7 Å². The molecule has 0 fully saturated rings. The molecule has 0 aliphatic rings. The SMILES string of the molecule is CCCn1nnc(NC(=S)NC(=O)c2ccc(-c3ccc(Cl)c(Cl)c3)o2)n1. The maximum absolute atomic E-state index is 12.3. The maximum atomic E-state index is 12.3. The highest BCUT2D eigenvalue weighted by Crippen LogP contribution is 2.29. The zero-order valence-corrected chi connectivity index (χ0v) is 16.4. The Kier molecular flexibility index (Phi) is 6.04. The van der Waals surface area contributed by atoms with Gasteiger partial charge in [0.15, 0.2) is 10.9 Å². The van der Waals surface area contributed by atoms with Crippen LogP contribution in [0.5, 0.6) is 0 Å². The first-order valence-corrected chi connectivity index (χ1v) is 9.08. The number of aryl methyl sites for hydroxylation is 1. The maximum Gasteiger partial charge on any atom is 0.293 e. The standard InChI is InChI=1S/C16H14Cl2N6O2S/c1-2-7-24-22-15(21-23-24)20-16(27)19-14(25)13-6-5-12(26-13)9-3-4-10(17)11(18)8-9/h3-6,8H,2,7H2,1H3,(H2,19,20,22,25,27). The predicted octanol–water partition coefficient (Wildman–Crippen LogP) is 3.78. The molecule has 2 aromatic heterocycles. The lowest BCUT2D eigenvalue weighted by molar-refractivity contribution is 0.0951. The van der Waals surface area contributed by atoms with E-state index in [9.17, 15) is 4.79 Å². The van der Waals surface area contributed by atoms with Crippen molar-refractivity contribution >= 4 is 52.4 Å². The highest BCUT2D eigenvalue weighted by molar-refractivity contribution is 7.80. The van der Waals surface area contributed by atoms with Gasteiger partial charge in [-0.3, -0.25) is 15.4 Å². The van der Waals surface area contributed by atoms with Crippen LogP contribution in [0.2, 0.25) is 10.0 Å². The summed E-state index contributed by atoms with van der Waals surface area (Å²) < 4.78 is 5.56. The van der Waals surface area contributed by atoms with Crippen molar-refractivity contribution in [3.63, 3.8) is 0 Å². The predicted molar refractivity (Wildman–Crippen MR) is 106 cm³/mol. The van der Waals surface area contributed by atoms with Gasteiger partial charge in [0.2, 0.25) is 0 Å². The van der Waals surface area contributed by atoms with E-state index in [1.54, 1.807) is 24.3 Å². The van der Waals surface area contributed by atoms with E-state index in [4.69, 9.17) is 39.8 Å². The van der Waals surface area contributed by atoms with Gasteiger partial charge in [-0.25, -0.2) is 0 Å². The molecule has 2 heterocycles. The molecule has 0 saturated heterocycles. The first-order valence-electron chi connectivity index (χ1n) is 7.91. The van der Waals surface area contributed by atoms with Crippen LogP contribution in [-0.4, -0.2) is 31.2 Å². The fraction of sp³-hybridized carbons (Fsp3) is 0.188. The fourth-order valence-electron chi connectivity index (χ4n) is 2.15. The number of nitrogens with one attached hydrogen (secondary N) is 2. The van der Waals surface area contributed by atoms with E-state index in [0.717, 1.165) is 6.42 Å². The number of hydrogen-bond acceptors (Lipinski definition) is 6. The van der Waals surface area contributed by atoms with Crippen LogP contribution in [0.1, 0.15) is 23.9 Å². The van der Waals surface area contributed by atoms with Crippen molar-refractivity contribution in [3.8, 4) is 11.3 Å². The van der Waals surface area contributed by atoms with Gasteiger partial charge in [0, 0.05) is 5.56 Å². The summed E-state index contributed by atoms with van der Waals surface area (Å²) in [7, 11) is 0. The number of furan rings is 1. The third-order valence-corrected chi connectivity index (χ3v) is 4.31. The average molecular weight is 425 g/mol. The molecule has 27 heavy (non-hydrogen) atoms. The smallest absolute Gasteiger partial charge is 0.293 e. The van der Waals surface area contributed by atoms with E-state index in [1.165, 1.54) is 10.9 Å². The lowest BCUT2D eigenvalue weighted by atomic mass is 10.2. The number of hydrogen-bond donors (Lipinski definition) is 2. The van der Waals surface area contributed by atoms with Gasteiger partial charge >= 0.3 is 0 Å². The number of rotatable bonds is 5. The Morgan fingerprint density at radius 1 is 1.26 bits per heavy atom. The van der Waals surface area contributed by atoms with Crippen LogP contribution in [0.25, 0.3) is 11.3 Å². The summed E-state index contributed by atoms with van der Waals surface area (Å²) in [5.41, 5.74) is 0.695. The summed E-state index contributed by atoms with van der Waals surface area (Å²) >= 11 is 17.0. The van der Waals surface area contributed by atoms with Gasteiger partial charge < -0.3 is 4.42 Å². The van der Waals surface area contributed by atoms with Crippen molar-refractivity contribution in [2.24, 2.45) is 0 Å². The van der Waals surface area contributed by atoms with Crippen molar-refractivity contribution in [3.05, 3.63) is 46.1 Å². The van der Waals surface area contributed by atoms with Gasteiger partial charge in [-0.1, -0.05) is 35.2 Å². The third-order valence-electron chi connectivity index (χ3n) is 3.36. The van der Waals surface area contributed by atoms with Gasteiger partial charge in [-0.15, -0.1) is 5.10 Å². The zero-order valence-electron chi connectivity index (χ0n) is 14.1. The van der Waals surface area contributed by atoms with E-state index in [0.29, 0.717) is 27.9 Å². The van der Waals surface area contributed by atoms with Gasteiger partial charge in [0.25, 0.3) is 11.9 Å². The molecular weight excluding hydrogens is 411 g/mol. The van der Waals surface area contributed by atoms with Crippen molar-refractivity contribution in [2.75, 3.05) is 5.32 Å². The summed E-state index contributed by atoms with van der Waals surface area (Å²) in [4.78, 5) is 13.7. The average Bonchev–Trinajstić information content (AvgIpc) is 3.27. The quantitative estimate of drug-likeness (QED) is 0.601. The number of amides is 1. The first kappa shape index (κ1) is 19.3. The van der Waals surface area contributed by atoms with E-state index in [1.807, 2.05) is 6.92 Å². The molecule has 2 N–H and O–H groups in total. The number of thiocarbonyl (C=S) groups is 1. The topological polar surface area (TPSA) is 97.9 Å². The van der Waals surface area contributed by atoms with Crippen molar-refractivity contribution in [1.82, 2.24) is 25.5 Å². The molecule has 1 amide bonds. The molecule has 3 rings (SSSR count). The van der Waals surface area contributed by atoms with E-state index < -0.39 is 5.91 Å². The lowest BCUT2D eigenvalue weighted by Crippen LogP contribution is -2.34. The van der Waals surface area contributed by atoms with Gasteiger partial charge in [-0.2, -0.15) is 4.80 Å². The number of aromatic nitrogens is 4. The number of halogens is 2. The monoisotopic (exact) mass is 424 g/mol. The van der Waals surface area contributed by atoms with Crippen LogP contribution in [0.3, 0.4) is 0 Å². The Bertz CT molecular complexity index is 987. The fourth-order valence-corrected chi connectivity index (χ4v) is 2.63. The van der Waals surface area contributed by atoms with Gasteiger partial charge in [0.05, 0.1) is 16.6 Å². The van der Waals surface area contributed by atoms with Crippen LogP contribution in [-0.2, 0) is 6.54 Å². The molecule has 3 aromatic rings. The summed E-state index contributed by atoms with van der Waals surface area (Å²) in [6.45, 7) is 2.63. The third kappa shape index (κ3) is 4.82. The Labute approximate surface area is 169 Å². The molecule has 0 bridgehead atoms. The first-order chi connectivity index (χ1) is 13.0. The zero-order chi connectivity index (χ0) is 19.4. The Hall–Kier alpha value is -2.49. The second-order valence-electron chi connectivity index (χ2n) is 5.41. The highest BCUT2D eigenvalue weighted by atomic mass is 35.5. The summed E-state index contributed by atoms with van der Waals surface area (Å²) in [6, 6.07) is 8.24. The molecule has 1 aromatic carbocycles. The summed E-state index contributed by atoms with van der Waals surface area (Å²) in [5, 5.41) is 17.8. The minimum Gasteiger partial charge on any atom is -0.451 e. The summed E-state index contributed by atoms with van der Waals surface area (Å²) in [6.07, 6.45) is 0.872. The summed E-state index contributed by atoms with van der Waals surface area (Å²) in [5.74, 6) is 0.244. The van der Waals surface area contributed by atoms with Gasteiger partial charge in [-0.05, 0) is 54.2 Å². The molecule has 11 heteroatoms. The van der Waals surface area contributed by atoms with Crippen molar-refractivity contribution in [1.29, 1.82) is 0 Å². The Morgan fingerprint density at radius 2 is 2.07 bits per heavy atom. The van der Waals surface area contributed by atoms with Crippen LogP contribution in [0, 0.1) is 0 Å². The second-order valence-corrected chi connectivity index (χ2v) is 6.63. The molecule has 0 aliphatic heterocycles. The Balaban J connectivity index is 1.63. The Morgan fingerprint density at radius 3 is 2.81 bits per heavy atom. The number of nitrogens with zero attached hydrogens (tertiary/aromatic N) is 4. The van der Waals surface area contributed by atoms with Crippen LogP contribution < -0.4 is 10.6 Å². The lowest BCUT2D eigenvalue weighted by Gasteiger charge is -2.04. The second kappa shape index (κ2) is 8.47. The van der Waals surface area contributed by atoms with E-state index in [-0.39, 0.29) is 16.8 Å². The van der Waals surface area contributed by atoms with Crippen molar-refractivity contribution < 1.29 is 9.21 Å². The van der Waals surface area contributed by atoms with Crippen LogP contribution in [0.4, 0.5) is 5.95 Å². The minimum atomic E-state index is -0.514. The molecule has 0 radical (unpaired) electrons. The number of carbonyl (C=O) groups excluding carboxylic acids is 1. The van der Waals surface area contributed by atoms with Gasteiger partial charge in [0.1, 0.15) is 5.76 Å². The molecular formula is C16H14Cl2N6O2S. The number of carbonyl (C=O) groups is 1. The normalized spacial score (nSPS) is 10.6. The molecule has 0 unspecified atom stereocenters. The number of anilines is 1. The molecule has 0 atom stereocenters. The molecule has 0 spiro atoms. The van der Waals surface area contributed by atoms with Crippen molar-refractivity contribution in [2.45, 2.75) is 19.9 Å². The number of tetrazole rings is 1. The largest absolute Gasteiger partial charge is 0.451 e. The molecule has 0 saturated carbocycles. The number of benzene rings is 1.